The zero-order valence-electron chi connectivity index (χ0n) is 15.4. The lowest BCUT2D eigenvalue weighted by Gasteiger charge is -2.28. The van der Waals surface area contributed by atoms with Crippen molar-refractivity contribution in [2.24, 2.45) is 0 Å². The van der Waals surface area contributed by atoms with Gasteiger partial charge in [0.1, 0.15) is 11.5 Å². The molecule has 1 N–H and O–H groups in total. The molecule has 27 heavy (non-hydrogen) atoms. The van der Waals surface area contributed by atoms with Crippen LogP contribution in [0.4, 0.5) is 13.2 Å². The fourth-order valence-electron chi connectivity index (χ4n) is 2.76. The van der Waals surface area contributed by atoms with Gasteiger partial charge in [0, 0.05) is 12.0 Å². The lowest BCUT2D eigenvalue weighted by atomic mass is 9.93. The number of rotatable bonds is 7. The number of amides is 1. The third-order valence-electron chi connectivity index (χ3n) is 4.03. The Morgan fingerprint density at radius 1 is 1.04 bits per heavy atom. The maximum absolute atomic E-state index is 12.3. The minimum atomic E-state index is -4.72. The Morgan fingerprint density at radius 2 is 1.67 bits per heavy atom. The number of alkyl halides is 3. The van der Waals surface area contributed by atoms with Crippen molar-refractivity contribution >= 4 is 5.91 Å². The van der Waals surface area contributed by atoms with Crippen LogP contribution in [0.2, 0.25) is 0 Å². The molecule has 4 nitrogen and oxygen atoms in total. The van der Waals surface area contributed by atoms with Gasteiger partial charge in [-0.1, -0.05) is 30.3 Å². The molecule has 0 heterocycles. The first kappa shape index (κ1) is 20.6. The molecule has 0 unspecified atom stereocenters. The van der Waals surface area contributed by atoms with Gasteiger partial charge in [0.05, 0.1) is 12.6 Å². The second-order valence-corrected chi connectivity index (χ2v) is 6.57. The number of methoxy groups -OCH3 is 1. The van der Waals surface area contributed by atoms with Crippen molar-refractivity contribution in [3.63, 3.8) is 0 Å². The molecule has 2 aromatic rings. The average Bonchev–Trinajstić information content (AvgIpc) is 2.59. The maximum atomic E-state index is 12.3. The number of nitrogens with one attached hydrogen (secondary N) is 1. The number of halogens is 3. The normalized spacial score (nSPS) is 11.8. The van der Waals surface area contributed by atoms with Crippen LogP contribution in [0.3, 0.4) is 0 Å². The van der Waals surface area contributed by atoms with E-state index in [1.807, 2.05) is 38.1 Å². The van der Waals surface area contributed by atoms with E-state index in [1.165, 1.54) is 24.3 Å². The highest BCUT2D eigenvalue weighted by Gasteiger charge is 2.31. The number of carbonyl (C=O) groups excluding carboxylic acids is 1. The maximum Gasteiger partial charge on any atom is 0.573 e. The summed E-state index contributed by atoms with van der Waals surface area (Å²) in [5.41, 5.74) is 0.970. The van der Waals surface area contributed by atoms with E-state index in [1.54, 1.807) is 7.11 Å². The van der Waals surface area contributed by atoms with Gasteiger partial charge >= 0.3 is 6.36 Å². The predicted molar refractivity (Wildman–Crippen MR) is 95.6 cm³/mol. The van der Waals surface area contributed by atoms with E-state index in [-0.39, 0.29) is 18.1 Å². The molecule has 0 atom stereocenters. The molecule has 0 aliphatic carbocycles. The SMILES string of the molecule is COc1ccccc1C(C)(C)NC(=O)CCc1ccc(OC(F)(F)F)cc1. The molecular formula is C20H22F3NO3. The summed E-state index contributed by atoms with van der Waals surface area (Å²) in [4.78, 5) is 12.3. The average molecular weight is 381 g/mol. The second-order valence-electron chi connectivity index (χ2n) is 6.57. The molecule has 1 amide bonds. The third-order valence-corrected chi connectivity index (χ3v) is 4.03. The van der Waals surface area contributed by atoms with Gasteiger partial charge in [-0.25, -0.2) is 0 Å². The van der Waals surface area contributed by atoms with Crippen LogP contribution in [0, 0.1) is 0 Å². The molecule has 0 saturated carbocycles. The Kier molecular flexibility index (Phi) is 6.36. The van der Waals surface area contributed by atoms with Gasteiger partial charge in [-0.05, 0) is 44.0 Å². The molecule has 0 spiro atoms. The summed E-state index contributed by atoms with van der Waals surface area (Å²) in [6.45, 7) is 3.76. The molecule has 0 radical (unpaired) electrons. The Balaban J connectivity index is 1.94. The molecule has 7 heteroatoms. The van der Waals surface area contributed by atoms with E-state index in [9.17, 15) is 18.0 Å². The first-order chi connectivity index (χ1) is 12.6. The number of para-hydroxylation sites is 1. The van der Waals surface area contributed by atoms with E-state index in [4.69, 9.17) is 4.74 Å². The number of hydrogen-bond acceptors (Lipinski definition) is 3. The molecule has 0 aliphatic heterocycles. The van der Waals surface area contributed by atoms with E-state index < -0.39 is 11.9 Å². The minimum absolute atomic E-state index is 0.165. The number of ether oxygens (including phenoxy) is 2. The summed E-state index contributed by atoms with van der Waals surface area (Å²) in [6, 6.07) is 12.9. The van der Waals surface area contributed by atoms with Crippen molar-refractivity contribution in [2.45, 2.75) is 38.6 Å². The quantitative estimate of drug-likeness (QED) is 0.764. The lowest BCUT2D eigenvalue weighted by molar-refractivity contribution is -0.274. The molecule has 0 bridgehead atoms. The predicted octanol–water partition coefficient (Wildman–Crippen LogP) is 4.58. The summed E-state index contributed by atoms with van der Waals surface area (Å²) in [6.07, 6.45) is -4.11. The summed E-state index contributed by atoms with van der Waals surface area (Å²) in [7, 11) is 1.57. The van der Waals surface area contributed by atoms with Crippen LogP contribution in [-0.4, -0.2) is 19.4 Å². The highest BCUT2D eigenvalue weighted by molar-refractivity contribution is 5.77. The lowest BCUT2D eigenvalue weighted by Crippen LogP contribution is -2.41. The molecule has 0 aromatic heterocycles. The van der Waals surface area contributed by atoms with Crippen molar-refractivity contribution in [1.29, 1.82) is 0 Å². The third kappa shape index (κ3) is 6.20. The zero-order valence-corrected chi connectivity index (χ0v) is 15.4. The van der Waals surface area contributed by atoms with Crippen molar-refractivity contribution in [1.82, 2.24) is 5.32 Å². The topological polar surface area (TPSA) is 47.6 Å². The Bertz CT molecular complexity index is 771. The van der Waals surface area contributed by atoms with Crippen LogP contribution in [0.15, 0.2) is 48.5 Å². The standard InChI is InChI=1S/C20H22F3NO3/c1-19(2,16-6-4-5-7-17(16)26-3)24-18(25)13-10-14-8-11-15(12-9-14)27-20(21,22)23/h4-9,11-12H,10,13H2,1-3H3,(H,24,25). The van der Waals surface area contributed by atoms with Crippen LogP contribution in [0.25, 0.3) is 0 Å². The Labute approximate surface area is 156 Å². The fraction of sp³-hybridized carbons (Fsp3) is 0.350. The molecule has 0 fully saturated rings. The smallest absolute Gasteiger partial charge is 0.496 e. The van der Waals surface area contributed by atoms with E-state index in [0.717, 1.165) is 11.1 Å². The van der Waals surface area contributed by atoms with Crippen LogP contribution >= 0.6 is 0 Å². The monoisotopic (exact) mass is 381 g/mol. The van der Waals surface area contributed by atoms with Gasteiger partial charge in [0.25, 0.3) is 0 Å². The highest BCUT2D eigenvalue weighted by atomic mass is 19.4. The molecule has 2 rings (SSSR count). The summed E-state index contributed by atoms with van der Waals surface area (Å²) in [5.74, 6) is 0.234. The van der Waals surface area contributed by atoms with Crippen molar-refractivity contribution < 1.29 is 27.4 Å². The van der Waals surface area contributed by atoms with Gasteiger partial charge in [-0.15, -0.1) is 13.2 Å². The summed E-state index contributed by atoms with van der Waals surface area (Å²) >= 11 is 0. The highest BCUT2D eigenvalue weighted by Crippen LogP contribution is 2.29. The van der Waals surface area contributed by atoms with E-state index in [2.05, 4.69) is 10.1 Å². The number of hydrogen-bond donors (Lipinski definition) is 1. The van der Waals surface area contributed by atoms with Gasteiger partial charge in [-0.2, -0.15) is 0 Å². The largest absolute Gasteiger partial charge is 0.573 e. The second kappa shape index (κ2) is 8.33. The zero-order chi connectivity index (χ0) is 20.1. The molecule has 146 valence electrons. The minimum Gasteiger partial charge on any atom is -0.496 e. The van der Waals surface area contributed by atoms with Crippen LogP contribution < -0.4 is 14.8 Å². The van der Waals surface area contributed by atoms with E-state index in [0.29, 0.717) is 12.2 Å². The number of aryl methyl sites for hydroxylation is 1. The van der Waals surface area contributed by atoms with Crippen LogP contribution in [-0.2, 0) is 16.8 Å². The molecule has 0 saturated heterocycles. The first-order valence-electron chi connectivity index (χ1n) is 8.40. The van der Waals surface area contributed by atoms with Crippen molar-refractivity contribution in [3.8, 4) is 11.5 Å². The number of carbonyl (C=O) groups is 1. The number of benzene rings is 2. The van der Waals surface area contributed by atoms with Gasteiger partial charge in [-0.3, -0.25) is 4.79 Å². The molecule has 2 aromatic carbocycles. The molecule has 0 aliphatic rings. The van der Waals surface area contributed by atoms with Gasteiger partial charge in [0.2, 0.25) is 5.91 Å². The van der Waals surface area contributed by atoms with Crippen molar-refractivity contribution in [3.05, 3.63) is 59.7 Å². The Morgan fingerprint density at radius 3 is 2.26 bits per heavy atom. The first-order valence-corrected chi connectivity index (χ1v) is 8.40. The van der Waals surface area contributed by atoms with E-state index >= 15 is 0 Å². The molecular weight excluding hydrogens is 359 g/mol. The van der Waals surface area contributed by atoms with Crippen LogP contribution in [0.1, 0.15) is 31.4 Å². The fourth-order valence-corrected chi connectivity index (χ4v) is 2.76. The summed E-state index contributed by atoms with van der Waals surface area (Å²) in [5, 5.41) is 2.97. The Hall–Kier alpha value is -2.70. The van der Waals surface area contributed by atoms with Crippen LogP contribution in [0.5, 0.6) is 11.5 Å². The van der Waals surface area contributed by atoms with Gasteiger partial charge in [0.15, 0.2) is 0 Å². The van der Waals surface area contributed by atoms with Crippen molar-refractivity contribution in [2.75, 3.05) is 7.11 Å². The van der Waals surface area contributed by atoms with Gasteiger partial charge < -0.3 is 14.8 Å². The summed E-state index contributed by atoms with van der Waals surface area (Å²) < 4.78 is 45.7.